The lowest BCUT2D eigenvalue weighted by atomic mass is 10.4. The Morgan fingerprint density at radius 1 is 1.59 bits per heavy atom. The number of carbonyl (C=O) groups excluding carboxylic acids is 2. The first-order chi connectivity index (χ1) is 8.11. The van der Waals surface area contributed by atoms with Crippen LogP contribution in [0.15, 0.2) is 12.3 Å². The van der Waals surface area contributed by atoms with Gasteiger partial charge < -0.3 is 15.8 Å². The second-order valence-electron chi connectivity index (χ2n) is 3.36. The van der Waals surface area contributed by atoms with Crippen molar-refractivity contribution in [1.82, 2.24) is 15.1 Å². The molecule has 1 rings (SSSR count). The number of nitrogens with one attached hydrogen (secondary N) is 1. The first kappa shape index (κ1) is 13.0. The van der Waals surface area contributed by atoms with Crippen LogP contribution in [0.5, 0.6) is 0 Å². The van der Waals surface area contributed by atoms with Gasteiger partial charge in [-0.05, 0) is 13.0 Å². The van der Waals surface area contributed by atoms with Gasteiger partial charge in [0.2, 0.25) is 5.91 Å². The molecule has 0 aromatic carbocycles. The van der Waals surface area contributed by atoms with Crippen LogP contribution in [-0.2, 0) is 20.9 Å². The number of nitrogen functional groups attached to an aromatic ring is 1. The maximum atomic E-state index is 11.3. The fraction of sp³-hybridized carbons (Fsp3) is 0.500. The number of rotatable bonds is 6. The van der Waals surface area contributed by atoms with Crippen LogP contribution in [-0.4, -0.2) is 34.8 Å². The maximum Gasteiger partial charge on any atom is 0.327 e. The van der Waals surface area contributed by atoms with Gasteiger partial charge in [-0.1, -0.05) is 0 Å². The van der Waals surface area contributed by atoms with Crippen molar-refractivity contribution in [1.29, 1.82) is 0 Å². The summed E-state index contributed by atoms with van der Waals surface area (Å²) >= 11 is 0. The number of nitrogens with zero attached hydrogens (tertiary/aromatic N) is 2. The van der Waals surface area contributed by atoms with Crippen LogP contribution < -0.4 is 11.1 Å². The maximum absolute atomic E-state index is 11.3. The van der Waals surface area contributed by atoms with Crippen LogP contribution >= 0.6 is 0 Å². The van der Waals surface area contributed by atoms with Gasteiger partial charge in [-0.2, -0.15) is 5.10 Å². The average Bonchev–Trinajstić information content (AvgIpc) is 2.64. The predicted octanol–water partition coefficient (Wildman–Crippen LogP) is -0.465. The summed E-state index contributed by atoms with van der Waals surface area (Å²) in [6.07, 6.45) is 1.75. The van der Waals surface area contributed by atoms with Gasteiger partial charge in [0, 0.05) is 12.7 Å². The molecular weight excluding hydrogens is 224 g/mol. The molecule has 94 valence electrons. The Bertz CT molecular complexity index is 389. The summed E-state index contributed by atoms with van der Waals surface area (Å²) in [4.78, 5) is 22.4. The highest BCUT2D eigenvalue weighted by atomic mass is 16.5. The van der Waals surface area contributed by atoms with Gasteiger partial charge in [0.25, 0.3) is 0 Å². The molecule has 0 aliphatic heterocycles. The Morgan fingerprint density at radius 3 is 2.94 bits per heavy atom. The van der Waals surface area contributed by atoms with Crippen molar-refractivity contribution in [3.05, 3.63) is 12.3 Å². The van der Waals surface area contributed by atoms with Gasteiger partial charge in [0.05, 0.1) is 6.42 Å². The first-order valence-electron chi connectivity index (χ1n) is 5.33. The van der Waals surface area contributed by atoms with E-state index in [0.717, 1.165) is 0 Å². The van der Waals surface area contributed by atoms with Gasteiger partial charge in [0.15, 0.2) is 0 Å². The van der Waals surface area contributed by atoms with Gasteiger partial charge in [0.1, 0.15) is 19.0 Å². The third kappa shape index (κ3) is 5.01. The lowest BCUT2D eigenvalue weighted by Gasteiger charge is -2.05. The van der Waals surface area contributed by atoms with Crippen molar-refractivity contribution in [2.45, 2.75) is 19.9 Å². The number of esters is 1. The molecule has 0 spiro atoms. The second kappa shape index (κ2) is 6.51. The fourth-order valence-electron chi connectivity index (χ4n) is 1.19. The van der Waals surface area contributed by atoms with Gasteiger partial charge in [-0.3, -0.25) is 14.3 Å². The fourth-order valence-corrected chi connectivity index (χ4v) is 1.19. The van der Waals surface area contributed by atoms with Gasteiger partial charge >= 0.3 is 5.97 Å². The van der Waals surface area contributed by atoms with Crippen LogP contribution in [0.3, 0.4) is 0 Å². The Kier molecular flexibility index (Phi) is 4.99. The SMILES string of the molecule is CCNC(=O)CCOC(=O)Cn1ccc(N)n1. The molecule has 1 heterocycles. The van der Waals surface area contributed by atoms with Crippen molar-refractivity contribution < 1.29 is 14.3 Å². The normalized spacial score (nSPS) is 9.94. The summed E-state index contributed by atoms with van der Waals surface area (Å²) in [6, 6.07) is 1.59. The summed E-state index contributed by atoms with van der Waals surface area (Å²) in [5.41, 5.74) is 5.39. The third-order valence-corrected chi connectivity index (χ3v) is 1.92. The van der Waals surface area contributed by atoms with E-state index in [0.29, 0.717) is 12.4 Å². The molecule has 0 bridgehead atoms. The smallest absolute Gasteiger partial charge is 0.327 e. The predicted molar refractivity (Wildman–Crippen MR) is 60.9 cm³/mol. The van der Waals surface area contributed by atoms with Gasteiger partial charge in [-0.15, -0.1) is 0 Å². The van der Waals surface area contributed by atoms with Crippen molar-refractivity contribution in [3.63, 3.8) is 0 Å². The lowest BCUT2D eigenvalue weighted by Crippen LogP contribution is -2.25. The number of amides is 1. The molecule has 0 saturated heterocycles. The van der Waals surface area contributed by atoms with Crippen LogP contribution in [0.4, 0.5) is 5.82 Å². The summed E-state index contributed by atoms with van der Waals surface area (Å²) in [5, 5.41) is 6.45. The second-order valence-corrected chi connectivity index (χ2v) is 3.36. The summed E-state index contributed by atoms with van der Waals surface area (Å²) in [7, 11) is 0. The van der Waals surface area contributed by atoms with E-state index in [1.54, 1.807) is 12.3 Å². The molecule has 0 saturated carbocycles. The molecule has 0 aliphatic rings. The molecule has 0 fully saturated rings. The van der Waals surface area contributed by atoms with E-state index < -0.39 is 5.97 Å². The monoisotopic (exact) mass is 240 g/mol. The molecule has 1 aromatic rings. The third-order valence-electron chi connectivity index (χ3n) is 1.92. The molecular formula is C10H16N4O3. The van der Waals surface area contributed by atoms with Crippen molar-refractivity contribution in [3.8, 4) is 0 Å². The van der Waals surface area contributed by atoms with Crippen molar-refractivity contribution >= 4 is 17.7 Å². The highest BCUT2D eigenvalue weighted by molar-refractivity contribution is 5.76. The molecule has 7 nitrogen and oxygen atoms in total. The van der Waals surface area contributed by atoms with E-state index in [9.17, 15) is 9.59 Å². The number of anilines is 1. The molecule has 7 heteroatoms. The molecule has 3 N–H and O–H groups in total. The number of nitrogens with two attached hydrogens (primary N) is 1. The molecule has 0 atom stereocenters. The van der Waals surface area contributed by atoms with E-state index >= 15 is 0 Å². The Morgan fingerprint density at radius 2 is 2.35 bits per heavy atom. The minimum atomic E-state index is -0.447. The van der Waals surface area contributed by atoms with Crippen LogP contribution in [0.2, 0.25) is 0 Å². The van der Waals surface area contributed by atoms with E-state index in [1.807, 2.05) is 6.92 Å². The molecule has 17 heavy (non-hydrogen) atoms. The summed E-state index contributed by atoms with van der Waals surface area (Å²) in [6.45, 7) is 2.46. The van der Waals surface area contributed by atoms with E-state index in [4.69, 9.17) is 10.5 Å². The molecule has 0 aliphatic carbocycles. The first-order valence-corrected chi connectivity index (χ1v) is 5.33. The van der Waals surface area contributed by atoms with Crippen LogP contribution in [0.1, 0.15) is 13.3 Å². The van der Waals surface area contributed by atoms with Crippen LogP contribution in [0.25, 0.3) is 0 Å². The standard InChI is InChI=1S/C10H16N4O3/c1-2-12-9(15)4-6-17-10(16)7-14-5-3-8(11)13-14/h3,5H,2,4,6-7H2,1H3,(H2,11,13)(H,12,15). The zero-order valence-corrected chi connectivity index (χ0v) is 9.68. The molecule has 1 amide bonds. The zero-order chi connectivity index (χ0) is 12.7. The van der Waals surface area contributed by atoms with E-state index in [-0.39, 0.29) is 25.5 Å². The van der Waals surface area contributed by atoms with Crippen LogP contribution in [0, 0.1) is 0 Å². The van der Waals surface area contributed by atoms with E-state index in [2.05, 4.69) is 10.4 Å². The molecule has 1 aromatic heterocycles. The number of hydrogen-bond acceptors (Lipinski definition) is 5. The van der Waals surface area contributed by atoms with Crippen molar-refractivity contribution in [2.24, 2.45) is 0 Å². The average molecular weight is 240 g/mol. The zero-order valence-electron chi connectivity index (χ0n) is 9.68. The quantitative estimate of drug-likeness (QED) is 0.655. The Hall–Kier alpha value is -2.05. The number of hydrogen-bond donors (Lipinski definition) is 2. The minimum absolute atomic E-state index is 0.00734. The molecule has 0 unspecified atom stereocenters. The topological polar surface area (TPSA) is 99.2 Å². The van der Waals surface area contributed by atoms with Crippen molar-refractivity contribution in [2.75, 3.05) is 18.9 Å². The number of aromatic nitrogens is 2. The Labute approximate surface area is 98.9 Å². The van der Waals surface area contributed by atoms with E-state index in [1.165, 1.54) is 4.68 Å². The highest BCUT2D eigenvalue weighted by Gasteiger charge is 2.06. The largest absolute Gasteiger partial charge is 0.464 e. The summed E-state index contributed by atoms with van der Waals surface area (Å²) < 4.78 is 6.25. The summed E-state index contributed by atoms with van der Waals surface area (Å²) in [5.74, 6) is -0.235. The number of ether oxygens (including phenoxy) is 1. The Balaban J connectivity index is 2.19. The number of carbonyl (C=O) groups is 2. The lowest BCUT2D eigenvalue weighted by molar-refractivity contribution is -0.145. The molecule has 0 radical (unpaired) electrons. The highest BCUT2D eigenvalue weighted by Crippen LogP contribution is 1.96. The van der Waals surface area contributed by atoms with Gasteiger partial charge in [-0.25, -0.2) is 0 Å². The minimum Gasteiger partial charge on any atom is -0.464 e.